The summed E-state index contributed by atoms with van der Waals surface area (Å²) >= 11 is 5.28. The van der Waals surface area contributed by atoms with Gasteiger partial charge in [-0.1, -0.05) is 0 Å². The molecule has 138 valence electrons. The molecule has 2 aromatic carbocycles. The van der Waals surface area contributed by atoms with Gasteiger partial charge in [0.15, 0.2) is 5.11 Å². The number of nitrogens with one attached hydrogen (secondary N) is 2. The predicted molar refractivity (Wildman–Crippen MR) is 109 cm³/mol. The fourth-order valence-corrected chi connectivity index (χ4v) is 2.42. The van der Waals surface area contributed by atoms with Gasteiger partial charge in [0.05, 0.1) is 26.5 Å². The first-order chi connectivity index (χ1) is 12.6. The Kier molecular flexibility index (Phi) is 7.23. The van der Waals surface area contributed by atoms with Crippen molar-refractivity contribution in [3.63, 3.8) is 0 Å². The van der Waals surface area contributed by atoms with Crippen molar-refractivity contribution in [3.8, 4) is 17.2 Å². The summed E-state index contributed by atoms with van der Waals surface area (Å²) in [5.74, 6) is 2.22. The van der Waals surface area contributed by atoms with Crippen LogP contribution in [0.15, 0.2) is 47.6 Å². The van der Waals surface area contributed by atoms with Crippen LogP contribution in [0.25, 0.3) is 0 Å². The molecule has 0 atom stereocenters. The molecule has 0 aliphatic rings. The molecule has 0 bridgehead atoms. The minimum atomic E-state index is 0.390. The zero-order chi connectivity index (χ0) is 18.9. The van der Waals surface area contributed by atoms with E-state index in [9.17, 15) is 0 Å². The number of benzene rings is 2. The van der Waals surface area contributed by atoms with Crippen LogP contribution in [0.1, 0.15) is 19.4 Å². The van der Waals surface area contributed by atoms with E-state index < -0.39 is 0 Å². The van der Waals surface area contributed by atoms with Crippen LogP contribution in [0.5, 0.6) is 17.2 Å². The maximum Gasteiger partial charge on any atom is 0.191 e. The van der Waals surface area contributed by atoms with Gasteiger partial charge in [0.2, 0.25) is 0 Å². The minimum absolute atomic E-state index is 0.390. The number of ether oxygens (including phenoxy) is 3. The van der Waals surface area contributed by atoms with Gasteiger partial charge in [-0.3, -0.25) is 5.43 Å². The molecular formula is C19H23N3O3S. The fraction of sp³-hybridized carbons (Fsp3) is 0.263. The van der Waals surface area contributed by atoms with E-state index in [1.807, 2.05) is 56.3 Å². The highest BCUT2D eigenvalue weighted by molar-refractivity contribution is 7.80. The van der Waals surface area contributed by atoms with Crippen molar-refractivity contribution in [1.29, 1.82) is 0 Å². The second-order valence-corrected chi connectivity index (χ2v) is 5.69. The summed E-state index contributed by atoms with van der Waals surface area (Å²) in [6, 6.07) is 13.1. The molecule has 0 radical (unpaired) electrons. The number of nitrogens with zero attached hydrogens (tertiary/aromatic N) is 1. The van der Waals surface area contributed by atoms with E-state index in [4.69, 9.17) is 26.4 Å². The van der Waals surface area contributed by atoms with E-state index in [1.54, 1.807) is 14.2 Å². The Bertz CT molecular complexity index is 776. The van der Waals surface area contributed by atoms with Crippen LogP contribution in [0.4, 0.5) is 5.69 Å². The Morgan fingerprint density at radius 3 is 2.35 bits per heavy atom. The molecule has 0 aliphatic carbocycles. The average molecular weight is 373 g/mol. The maximum absolute atomic E-state index is 5.41. The zero-order valence-electron chi connectivity index (χ0n) is 15.3. The Morgan fingerprint density at radius 2 is 1.73 bits per heavy atom. The molecule has 0 unspecified atom stereocenters. The Hall–Kier alpha value is -2.80. The fourth-order valence-electron chi connectivity index (χ4n) is 2.25. The van der Waals surface area contributed by atoms with Crippen LogP contribution in [-0.4, -0.2) is 31.7 Å². The summed E-state index contributed by atoms with van der Waals surface area (Å²) in [6.07, 6.45) is 0. The van der Waals surface area contributed by atoms with Crippen molar-refractivity contribution in [2.24, 2.45) is 5.10 Å². The SMILES string of the molecule is CCOc1ccc(NC(=S)N/N=C(\C)c2ccc(OC)cc2OC)cc1. The topological polar surface area (TPSA) is 64.1 Å². The highest BCUT2D eigenvalue weighted by atomic mass is 32.1. The second kappa shape index (κ2) is 9.62. The van der Waals surface area contributed by atoms with Gasteiger partial charge in [-0.25, -0.2) is 0 Å². The van der Waals surface area contributed by atoms with Crippen molar-refractivity contribution in [2.45, 2.75) is 13.8 Å². The van der Waals surface area contributed by atoms with Crippen LogP contribution in [0, 0.1) is 0 Å². The number of anilines is 1. The highest BCUT2D eigenvalue weighted by Crippen LogP contribution is 2.25. The summed E-state index contributed by atoms with van der Waals surface area (Å²) in [5.41, 5.74) is 5.28. The lowest BCUT2D eigenvalue weighted by molar-refractivity contribution is 0.340. The van der Waals surface area contributed by atoms with Gasteiger partial charge in [-0.2, -0.15) is 5.10 Å². The molecule has 0 fully saturated rings. The lowest BCUT2D eigenvalue weighted by Gasteiger charge is -2.11. The van der Waals surface area contributed by atoms with Crippen molar-refractivity contribution in [1.82, 2.24) is 5.43 Å². The van der Waals surface area contributed by atoms with Gasteiger partial charge in [0, 0.05) is 17.3 Å². The number of hydrogen-bond donors (Lipinski definition) is 2. The molecule has 6 nitrogen and oxygen atoms in total. The van der Waals surface area contributed by atoms with Crippen LogP contribution >= 0.6 is 12.2 Å². The van der Waals surface area contributed by atoms with E-state index in [0.717, 1.165) is 28.5 Å². The largest absolute Gasteiger partial charge is 0.497 e. The van der Waals surface area contributed by atoms with Crippen molar-refractivity contribution in [2.75, 3.05) is 26.1 Å². The molecule has 0 saturated heterocycles. The summed E-state index contributed by atoms with van der Waals surface area (Å²) in [4.78, 5) is 0. The monoisotopic (exact) mass is 373 g/mol. The third-order valence-electron chi connectivity index (χ3n) is 3.55. The second-order valence-electron chi connectivity index (χ2n) is 5.29. The molecule has 0 aliphatic heterocycles. The van der Waals surface area contributed by atoms with Gasteiger partial charge in [0.1, 0.15) is 17.2 Å². The van der Waals surface area contributed by atoms with Crippen molar-refractivity contribution >= 4 is 28.7 Å². The van der Waals surface area contributed by atoms with Crippen LogP contribution in [-0.2, 0) is 0 Å². The Morgan fingerprint density at radius 1 is 1.04 bits per heavy atom. The first-order valence-electron chi connectivity index (χ1n) is 8.14. The number of methoxy groups -OCH3 is 2. The highest BCUT2D eigenvalue weighted by Gasteiger charge is 2.08. The first-order valence-corrected chi connectivity index (χ1v) is 8.54. The van der Waals surface area contributed by atoms with Crippen LogP contribution < -0.4 is 25.0 Å². The molecule has 7 heteroatoms. The molecule has 0 aromatic heterocycles. The number of hydrazone groups is 1. The smallest absolute Gasteiger partial charge is 0.191 e. The van der Waals surface area contributed by atoms with E-state index in [2.05, 4.69) is 15.8 Å². The van der Waals surface area contributed by atoms with E-state index >= 15 is 0 Å². The third kappa shape index (κ3) is 5.35. The van der Waals surface area contributed by atoms with Gasteiger partial charge >= 0.3 is 0 Å². The molecule has 0 amide bonds. The van der Waals surface area contributed by atoms with Gasteiger partial charge in [-0.05, 0) is 62.5 Å². The summed E-state index contributed by atoms with van der Waals surface area (Å²) < 4.78 is 16.0. The van der Waals surface area contributed by atoms with Gasteiger partial charge in [-0.15, -0.1) is 0 Å². The number of thiocarbonyl (C=S) groups is 1. The van der Waals surface area contributed by atoms with Gasteiger partial charge in [0.25, 0.3) is 0 Å². The van der Waals surface area contributed by atoms with E-state index in [1.165, 1.54) is 0 Å². The average Bonchev–Trinajstić information content (AvgIpc) is 2.67. The van der Waals surface area contributed by atoms with E-state index in [0.29, 0.717) is 17.5 Å². The normalized spacial score (nSPS) is 10.8. The zero-order valence-corrected chi connectivity index (χ0v) is 16.1. The third-order valence-corrected chi connectivity index (χ3v) is 3.74. The minimum Gasteiger partial charge on any atom is -0.497 e. The molecule has 0 spiro atoms. The van der Waals surface area contributed by atoms with Crippen molar-refractivity contribution in [3.05, 3.63) is 48.0 Å². The van der Waals surface area contributed by atoms with E-state index in [-0.39, 0.29) is 0 Å². The molecule has 0 saturated carbocycles. The lowest BCUT2D eigenvalue weighted by Crippen LogP contribution is -2.25. The van der Waals surface area contributed by atoms with Crippen molar-refractivity contribution < 1.29 is 14.2 Å². The predicted octanol–water partition coefficient (Wildman–Crippen LogP) is 3.81. The summed E-state index contributed by atoms with van der Waals surface area (Å²) in [7, 11) is 3.22. The molecule has 0 heterocycles. The van der Waals surface area contributed by atoms with Crippen LogP contribution in [0.3, 0.4) is 0 Å². The standard InChI is InChI=1S/C19H23N3O3S/c1-5-25-15-8-6-14(7-9-15)20-19(26)22-21-13(2)17-11-10-16(23-3)12-18(17)24-4/h6-12H,5H2,1-4H3,(H2,20,22,26)/b21-13+. The van der Waals surface area contributed by atoms with Crippen LogP contribution in [0.2, 0.25) is 0 Å². The molecule has 26 heavy (non-hydrogen) atoms. The number of hydrogen-bond acceptors (Lipinski definition) is 5. The lowest BCUT2D eigenvalue weighted by atomic mass is 10.1. The Balaban J connectivity index is 2.00. The molecule has 2 rings (SSSR count). The molecule has 2 N–H and O–H groups in total. The summed E-state index contributed by atoms with van der Waals surface area (Å²) in [6.45, 7) is 4.45. The quantitative estimate of drug-likeness (QED) is 0.437. The first kappa shape index (κ1) is 19.5. The van der Waals surface area contributed by atoms with Gasteiger partial charge < -0.3 is 19.5 Å². The molecule has 2 aromatic rings. The molecular weight excluding hydrogens is 350 g/mol. The number of rotatable bonds is 7. The maximum atomic E-state index is 5.41. The summed E-state index contributed by atoms with van der Waals surface area (Å²) in [5, 5.41) is 7.78. The Labute approximate surface area is 159 Å².